The van der Waals surface area contributed by atoms with Gasteiger partial charge in [0.25, 0.3) is 0 Å². The normalized spacial score (nSPS) is 12.1. The van der Waals surface area contributed by atoms with Gasteiger partial charge in [-0.2, -0.15) is 0 Å². The fourth-order valence-corrected chi connectivity index (χ4v) is 9.09. The van der Waals surface area contributed by atoms with Crippen LogP contribution in [-0.2, 0) is 0 Å². The summed E-state index contributed by atoms with van der Waals surface area (Å²) < 4.78 is 4.77. The van der Waals surface area contributed by atoms with Crippen LogP contribution in [0.5, 0.6) is 0 Å². The topological polar surface area (TPSA) is 22.8 Å². The van der Waals surface area contributed by atoms with Crippen LogP contribution in [0.15, 0.2) is 188 Å². The summed E-state index contributed by atoms with van der Waals surface area (Å²) in [7, 11) is 0. The molecule has 3 heterocycles. The zero-order valence-electron chi connectivity index (χ0n) is 29.2. The highest BCUT2D eigenvalue weighted by molar-refractivity contribution is 6.19. The molecule has 11 aromatic rings. The van der Waals surface area contributed by atoms with Crippen LogP contribution in [0.4, 0.5) is 0 Å². The smallest absolute Gasteiger partial charge is 0.146 e. The molecule has 3 nitrogen and oxygen atoms in total. The van der Waals surface area contributed by atoms with Crippen molar-refractivity contribution in [3.63, 3.8) is 0 Å². The van der Waals surface area contributed by atoms with Crippen molar-refractivity contribution in [2.24, 2.45) is 0 Å². The number of hydrogen-bond acceptors (Lipinski definition) is 1. The highest BCUT2D eigenvalue weighted by atomic mass is 15.1. The molecule has 0 fully saturated rings. The van der Waals surface area contributed by atoms with E-state index in [2.05, 4.69) is 191 Å². The third-order valence-corrected chi connectivity index (χ3v) is 11.5. The van der Waals surface area contributed by atoms with Gasteiger partial charge in [0.1, 0.15) is 5.82 Å². The van der Waals surface area contributed by atoms with E-state index in [4.69, 9.17) is 4.98 Å². The van der Waals surface area contributed by atoms with Crippen molar-refractivity contribution < 1.29 is 0 Å². The molecule has 0 radical (unpaired) electrons. The van der Waals surface area contributed by atoms with Crippen LogP contribution in [0.2, 0.25) is 0 Å². The van der Waals surface area contributed by atoms with E-state index in [-0.39, 0.29) is 0 Å². The maximum absolute atomic E-state index is 5.20. The fraction of sp³-hybridized carbons (Fsp3) is 0. The van der Waals surface area contributed by atoms with Crippen molar-refractivity contribution in [2.75, 3.05) is 0 Å². The van der Waals surface area contributed by atoms with E-state index in [1.807, 2.05) is 6.20 Å². The van der Waals surface area contributed by atoms with Gasteiger partial charge in [0.15, 0.2) is 0 Å². The molecule has 0 N–H and O–H groups in total. The van der Waals surface area contributed by atoms with Crippen LogP contribution in [-0.4, -0.2) is 14.1 Å². The van der Waals surface area contributed by atoms with Gasteiger partial charge < -0.3 is 4.57 Å². The van der Waals surface area contributed by atoms with Crippen LogP contribution in [0.3, 0.4) is 0 Å². The Hall–Kier alpha value is -7.23. The quantitative estimate of drug-likeness (QED) is 0.181. The van der Waals surface area contributed by atoms with Gasteiger partial charge in [0.05, 0.1) is 22.1 Å². The Morgan fingerprint density at radius 2 is 0.889 bits per heavy atom. The minimum Gasteiger partial charge on any atom is -0.309 e. The largest absolute Gasteiger partial charge is 0.309 e. The first-order valence-corrected chi connectivity index (χ1v) is 18.5. The SMILES string of the molecule is c1ccc(-c2ccc(-n3c4ccccc4c4cc(-c5ccc6c(c5)c5ccccc5n6-c5ncc6cccc7c6c5-c5ccccc5-7)ccc43)cc2)cc1. The van der Waals surface area contributed by atoms with Crippen LogP contribution in [0, 0.1) is 0 Å². The lowest BCUT2D eigenvalue weighted by Gasteiger charge is -2.13. The summed E-state index contributed by atoms with van der Waals surface area (Å²) >= 11 is 0. The van der Waals surface area contributed by atoms with Crippen molar-refractivity contribution in [1.29, 1.82) is 0 Å². The maximum Gasteiger partial charge on any atom is 0.146 e. The second kappa shape index (κ2) is 11.1. The molecule has 0 atom stereocenters. The lowest BCUT2D eigenvalue weighted by Crippen LogP contribution is -2.00. The highest BCUT2D eigenvalue weighted by Crippen LogP contribution is 2.50. The summed E-state index contributed by atoms with van der Waals surface area (Å²) in [5.74, 6) is 0.977. The Balaban J connectivity index is 1.03. The molecule has 0 spiro atoms. The number of fused-ring (bicyclic) bond motifs is 9. The van der Waals surface area contributed by atoms with E-state index in [1.54, 1.807) is 0 Å². The van der Waals surface area contributed by atoms with Gasteiger partial charge in [-0.15, -0.1) is 0 Å². The first kappa shape index (κ1) is 29.4. The zero-order chi connectivity index (χ0) is 35.3. The van der Waals surface area contributed by atoms with E-state index in [0.717, 1.165) is 22.5 Å². The van der Waals surface area contributed by atoms with Gasteiger partial charge in [0.2, 0.25) is 0 Å². The second-order valence-corrected chi connectivity index (χ2v) is 14.4. The molecule has 1 aliphatic rings. The summed E-state index contributed by atoms with van der Waals surface area (Å²) in [5, 5.41) is 7.39. The number of rotatable bonds is 4. The molecular formula is C51H31N3. The van der Waals surface area contributed by atoms with Crippen LogP contribution >= 0.6 is 0 Å². The third-order valence-electron chi connectivity index (χ3n) is 11.5. The van der Waals surface area contributed by atoms with Crippen LogP contribution in [0.1, 0.15) is 0 Å². The Morgan fingerprint density at radius 1 is 0.352 bits per heavy atom. The lowest BCUT2D eigenvalue weighted by molar-refractivity contribution is 1.09. The average Bonchev–Trinajstić information content (AvgIpc) is 3.88. The van der Waals surface area contributed by atoms with Gasteiger partial charge in [-0.05, 0) is 87.5 Å². The van der Waals surface area contributed by atoms with E-state index < -0.39 is 0 Å². The van der Waals surface area contributed by atoms with Crippen molar-refractivity contribution in [2.45, 2.75) is 0 Å². The van der Waals surface area contributed by atoms with E-state index >= 15 is 0 Å². The number of para-hydroxylation sites is 2. The molecule has 0 saturated heterocycles. The van der Waals surface area contributed by atoms with Crippen molar-refractivity contribution in [3.05, 3.63) is 188 Å². The van der Waals surface area contributed by atoms with Gasteiger partial charge >= 0.3 is 0 Å². The first-order chi connectivity index (χ1) is 26.8. The zero-order valence-corrected chi connectivity index (χ0v) is 29.2. The molecule has 250 valence electrons. The van der Waals surface area contributed by atoms with E-state index in [0.29, 0.717) is 0 Å². The predicted octanol–water partition coefficient (Wildman–Crippen LogP) is 13.4. The number of aromatic nitrogens is 3. The van der Waals surface area contributed by atoms with Crippen molar-refractivity contribution >= 4 is 54.4 Å². The molecule has 0 unspecified atom stereocenters. The molecular weight excluding hydrogens is 655 g/mol. The van der Waals surface area contributed by atoms with Crippen molar-refractivity contribution in [3.8, 4) is 56.0 Å². The first-order valence-electron chi connectivity index (χ1n) is 18.5. The molecule has 1 aliphatic carbocycles. The summed E-state index contributed by atoms with van der Waals surface area (Å²) in [6.07, 6.45) is 2.04. The molecule has 54 heavy (non-hydrogen) atoms. The summed E-state index contributed by atoms with van der Waals surface area (Å²) in [5.41, 5.74) is 15.7. The van der Waals surface area contributed by atoms with Gasteiger partial charge in [-0.25, -0.2) is 4.98 Å². The number of nitrogens with zero attached hydrogens (tertiary/aromatic N) is 3. The van der Waals surface area contributed by atoms with Crippen molar-refractivity contribution in [1.82, 2.24) is 14.1 Å². The maximum atomic E-state index is 5.20. The summed E-state index contributed by atoms with van der Waals surface area (Å²) in [6.45, 7) is 0. The minimum absolute atomic E-state index is 0.977. The molecule has 0 saturated carbocycles. The van der Waals surface area contributed by atoms with E-state index in [1.165, 1.54) is 87.9 Å². The molecule has 3 heteroatoms. The number of pyridine rings is 1. The number of benzene rings is 8. The van der Waals surface area contributed by atoms with Gasteiger partial charge in [0, 0.05) is 49.8 Å². The Kier molecular flexibility index (Phi) is 6.05. The van der Waals surface area contributed by atoms with E-state index in [9.17, 15) is 0 Å². The molecule has 3 aromatic heterocycles. The molecule has 0 aliphatic heterocycles. The number of hydrogen-bond donors (Lipinski definition) is 0. The second-order valence-electron chi connectivity index (χ2n) is 14.4. The van der Waals surface area contributed by atoms with Crippen LogP contribution < -0.4 is 0 Å². The standard InChI is InChI=1S/C51H31N3/c1-2-11-32(12-3-1)33-21-25-37(26-22-33)53-45-19-8-6-15-39(45)43-29-34(23-27-47(43)53)35-24-28-48-44(30-35)40-16-7-9-20-46(40)54(48)51-50-42-17-5-4-14-38(42)41-18-10-13-36(31-52-51)49(41)50/h1-31H. The molecule has 0 bridgehead atoms. The molecule has 8 aromatic carbocycles. The van der Waals surface area contributed by atoms with Gasteiger partial charge in [-0.3, -0.25) is 4.57 Å². The monoisotopic (exact) mass is 685 g/mol. The Morgan fingerprint density at radius 3 is 1.61 bits per heavy atom. The summed E-state index contributed by atoms with van der Waals surface area (Å²) in [6, 6.07) is 66.2. The minimum atomic E-state index is 0.977. The van der Waals surface area contributed by atoms with Gasteiger partial charge in [-0.1, -0.05) is 133 Å². The Labute approximate surface area is 311 Å². The van der Waals surface area contributed by atoms with Crippen LogP contribution in [0.25, 0.3) is 110 Å². The highest BCUT2D eigenvalue weighted by Gasteiger charge is 2.27. The summed E-state index contributed by atoms with van der Waals surface area (Å²) in [4.78, 5) is 5.20. The molecule has 12 rings (SSSR count). The Bertz CT molecular complexity index is 3310. The molecule has 0 amide bonds. The fourth-order valence-electron chi connectivity index (χ4n) is 9.09. The predicted molar refractivity (Wildman–Crippen MR) is 226 cm³/mol. The lowest BCUT2D eigenvalue weighted by atomic mass is 10.0. The average molecular weight is 686 g/mol. The third kappa shape index (κ3) is 4.09.